The van der Waals surface area contributed by atoms with Crippen molar-refractivity contribution in [2.75, 3.05) is 13.1 Å². The van der Waals surface area contributed by atoms with Crippen LogP contribution >= 0.6 is 0 Å². The topological polar surface area (TPSA) is 102 Å². The summed E-state index contributed by atoms with van der Waals surface area (Å²) in [5.41, 5.74) is 0.557. The lowest BCUT2D eigenvalue weighted by atomic mass is 10.2. The van der Waals surface area contributed by atoms with E-state index in [4.69, 9.17) is 4.42 Å². The van der Waals surface area contributed by atoms with E-state index in [1.54, 1.807) is 0 Å². The number of aromatic nitrogens is 1. The van der Waals surface area contributed by atoms with Crippen molar-refractivity contribution >= 4 is 27.0 Å². The van der Waals surface area contributed by atoms with Crippen LogP contribution in [-0.2, 0) is 21.4 Å². The lowest BCUT2D eigenvalue weighted by Crippen LogP contribution is -2.36. The van der Waals surface area contributed by atoms with Gasteiger partial charge in [-0.1, -0.05) is 6.92 Å². The Morgan fingerprint density at radius 2 is 2.00 bits per heavy atom. The number of nitrogens with one attached hydrogen (secondary N) is 1. The van der Waals surface area contributed by atoms with Gasteiger partial charge in [-0.25, -0.2) is 13.2 Å². The number of fused-ring (bicyclic) bond motifs is 1. The fourth-order valence-electron chi connectivity index (χ4n) is 3.00. The summed E-state index contributed by atoms with van der Waals surface area (Å²) in [4.78, 5) is 24.3. The van der Waals surface area contributed by atoms with Crippen LogP contribution in [0.1, 0.15) is 33.1 Å². The van der Waals surface area contributed by atoms with E-state index in [1.807, 2.05) is 13.8 Å². The van der Waals surface area contributed by atoms with Crippen LogP contribution in [0, 0.1) is 0 Å². The molecule has 1 atom stereocenters. The van der Waals surface area contributed by atoms with E-state index >= 15 is 0 Å². The minimum Gasteiger partial charge on any atom is -0.408 e. The van der Waals surface area contributed by atoms with Crippen LogP contribution in [0.4, 0.5) is 0 Å². The van der Waals surface area contributed by atoms with Crippen molar-refractivity contribution in [3.05, 3.63) is 28.7 Å². The molecule has 1 fully saturated rings. The van der Waals surface area contributed by atoms with E-state index in [-0.39, 0.29) is 29.0 Å². The van der Waals surface area contributed by atoms with Crippen molar-refractivity contribution in [3.63, 3.8) is 0 Å². The molecule has 0 spiro atoms. The van der Waals surface area contributed by atoms with E-state index in [0.717, 1.165) is 19.3 Å². The zero-order valence-corrected chi connectivity index (χ0v) is 15.7. The van der Waals surface area contributed by atoms with E-state index in [2.05, 4.69) is 5.32 Å². The maximum Gasteiger partial charge on any atom is 0.420 e. The van der Waals surface area contributed by atoms with E-state index in [9.17, 15) is 18.0 Å². The Labute approximate surface area is 151 Å². The molecule has 1 aromatic carbocycles. The van der Waals surface area contributed by atoms with Crippen molar-refractivity contribution in [1.82, 2.24) is 14.2 Å². The molecule has 2 heterocycles. The zero-order chi connectivity index (χ0) is 18.9. The van der Waals surface area contributed by atoms with Gasteiger partial charge < -0.3 is 9.73 Å². The second kappa shape index (κ2) is 7.24. The number of benzene rings is 1. The molecule has 9 heteroatoms. The quantitative estimate of drug-likeness (QED) is 0.812. The molecule has 26 heavy (non-hydrogen) atoms. The van der Waals surface area contributed by atoms with Gasteiger partial charge in [-0.2, -0.15) is 4.31 Å². The van der Waals surface area contributed by atoms with Crippen LogP contribution in [0.5, 0.6) is 0 Å². The second-order valence-corrected chi connectivity index (χ2v) is 8.51. The van der Waals surface area contributed by atoms with E-state index < -0.39 is 15.8 Å². The number of nitrogens with zero attached hydrogens (tertiary/aromatic N) is 2. The Morgan fingerprint density at radius 1 is 1.31 bits per heavy atom. The third-order valence-electron chi connectivity index (χ3n) is 4.66. The summed E-state index contributed by atoms with van der Waals surface area (Å²) in [5, 5.41) is 2.79. The summed E-state index contributed by atoms with van der Waals surface area (Å²) >= 11 is 0. The van der Waals surface area contributed by atoms with E-state index in [1.165, 1.54) is 27.1 Å². The van der Waals surface area contributed by atoms with Crippen molar-refractivity contribution in [2.45, 2.75) is 50.6 Å². The van der Waals surface area contributed by atoms with Crippen LogP contribution in [0.25, 0.3) is 11.1 Å². The monoisotopic (exact) mass is 381 g/mol. The highest BCUT2D eigenvalue weighted by molar-refractivity contribution is 7.89. The Kier molecular flexibility index (Phi) is 5.19. The third kappa shape index (κ3) is 3.54. The number of hydrogen-bond donors (Lipinski definition) is 1. The molecule has 3 rings (SSSR count). The first kappa shape index (κ1) is 18.7. The van der Waals surface area contributed by atoms with Crippen molar-refractivity contribution in [1.29, 1.82) is 0 Å². The van der Waals surface area contributed by atoms with Crippen LogP contribution in [0.15, 0.2) is 32.3 Å². The largest absolute Gasteiger partial charge is 0.420 e. The summed E-state index contributed by atoms with van der Waals surface area (Å²) in [5.74, 6) is -0.979. The van der Waals surface area contributed by atoms with Crippen molar-refractivity contribution in [2.24, 2.45) is 0 Å². The molecule has 0 saturated carbocycles. The van der Waals surface area contributed by atoms with Gasteiger partial charge in [0.2, 0.25) is 15.9 Å². The first-order valence-electron chi connectivity index (χ1n) is 8.76. The third-order valence-corrected chi connectivity index (χ3v) is 6.56. The summed E-state index contributed by atoms with van der Waals surface area (Å²) in [6.45, 7) is 4.66. The van der Waals surface area contributed by atoms with Gasteiger partial charge in [0.25, 0.3) is 0 Å². The van der Waals surface area contributed by atoms with Crippen LogP contribution in [-0.4, -0.2) is 42.3 Å². The fourth-order valence-corrected chi connectivity index (χ4v) is 4.53. The maximum atomic E-state index is 12.6. The molecular formula is C17H23N3O5S. The van der Waals surface area contributed by atoms with Crippen molar-refractivity contribution in [3.8, 4) is 0 Å². The summed E-state index contributed by atoms with van der Waals surface area (Å²) in [6, 6.07) is 4.33. The lowest BCUT2D eigenvalue weighted by Gasteiger charge is -2.15. The number of rotatable bonds is 6. The number of carbonyl (C=O) groups excluding carboxylic acids is 1. The Bertz CT molecular complexity index is 970. The molecule has 1 unspecified atom stereocenters. The summed E-state index contributed by atoms with van der Waals surface area (Å²) < 4.78 is 33.1. The summed E-state index contributed by atoms with van der Waals surface area (Å²) in [7, 11) is -3.59. The van der Waals surface area contributed by atoms with E-state index in [0.29, 0.717) is 18.6 Å². The predicted octanol–water partition coefficient (Wildman–Crippen LogP) is 1.29. The average Bonchev–Trinajstić information content (AvgIpc) is 3.23. The average molecular weight is 381 g/mol. The molecule has 1 aliphatic rings. The minimum atomic E-state index is -3.59. The molecule has 0 radical (unpaired) electrons. The number of sulfonamides is 1. The van der Waals surface area contributed by atoms with Gasteiger partial charge in [0, 0.05) is 25.2 Å². The number of amides is 1. The highest BCUT2D eigenvalue weighted by Gasteiger charge is 2.28. The first-order valence-corrected chi connectivity index (χ1v) is 10.2. The smallest absolute Gasteiger partial charge is 0.408 e. The molecule has 1 amide bonds. The van der Waals surface area contributed by atoms with Crippen molar-refractivity contribution < 1.29 is 17.6 Å². The lowest BCUT2D eigenvalue weighted by molar-refractivity contribution is -0.122. The standard InChI is InChI=1S/C17H23N3O5S/c1-3-12(2)18-16(21)11-20-14-7-6-13(10-15(14)25-17(20)22)26(23,24)19-8-4-5-9-19/h6-7,10,12H,3-5,8-9,11H2,1-2H3,(H,18,21). The summed E-state index contributed by atoms with van der Waals surface area (Å²) in [6.07, 6.45) is 2.47. The highest BCUT2D eigenvalue weighted by atomic mass is 32.2. The van der Waals surface area contributed by atoms with Crippen LogP contribution in [0.2, 0.25) is 0 Å². The molecule has 142 valence electrons. The van der Waals surface area contributed by atoms with Gasteiger partial charge >= 0.3 is 5.76 Å². The molecule has 1 N–H and O–H groups in total. The van der Waals surface area contributed by atoms with Crippen LogP contribution in [0.3, 0.4) is 0 Å². The number of carbonyl (C=O) groups is 1. The number of hydrogen-bond acceptors (Lipinski definition) is 5. The molecule has 0 bridgehead atoms. The second-order valence-electron chi connectivity index (χ2n) is 6.57. The van der Waals surface area contributed by atoms with Gasteiger partial charge in [-0.3, -0.25) is 9.36 Å². The molecule has 2 aromatic rings. The minimum absolute atomic E-state index is 0.00794. The highest BCUT2D eigenvalue weighted by Crippen LogP contribution is 2.24. The molecule has 8 nitrogen and oxygen atoms in total. The Hall–Kier alpha value is -2.13. The zero-order valence-electron chi connectivity index (χ0n) is 14.9. The van der Waals surface area contributed by atoms with Gasteiger partial charge in [0.15, 0.2) is 5.58 Å². The molecular weight excluding hydrogens is 358 g/mol. The molecule has 0 aliphatic carbocycles. The van der Waals surface area contributed by atoms with Crippen LogP contribution < -0.4 is 11.1 Å². The Morgan fingerprint density at radius 3 is 2.65 bits per heavy atom. The molecule has 1 aromatic heterocycles. The molecule has 1 saturated heterocycles. The fraction of sp³-hybridized carbons (Fsp3) is 0.529. The number of oxazole rings is 1. The molecule has 1 aliphatic heterocycles. The van der Waals surface area contributed by atoms with Gasteiger partial charge in [-0.15, -0.1) is 0 Å². The SMILES string of the molecule is CCC(C)NC(=O)Cn1c(=O)oc2cc(S(=O)(=O)N3CCCC3)ccc21. The Balaban J connectivity index is 1.91. The maximum absolute atomic E-state index is 12.6. The predicted molar refractivity (Wildman–Crippen MR) is 96.4 cm³/mol. The van der Waals surface area contributed by atoms with Gasteiger partial charge in [0.1, 0.15) is 6.54 Å². The van der Waals surface area contributed by atoms with Gasteiger partial charge in [-0.05, 0) is 38.3 Å². The first-order chi connectivity index (χ1) is 12.3. The normalized spacial score (nSPS) is 16.8. The van der Waals surface area contributed by atoms with Gasteiger partial charge in [0.05, 0.1) is 10.4 Å².